The van der Waals surface area contributed by atoms with Crippen LogP contribution in [0.15, 0.2) is 78.9 Å². The van der Waals surface area contributed by atoms with E-state index < -0.39 is 22.5 Å². The van der Waals surface area contributed by atoms with Crippen molar-refractivity contribution in [3.05, 3.63) is 90.0 Å². The molecule has 8 nitrogen and oxygen atoms in total. The Morgan fingerprint density at radius 3 is 2.22 bits per heavy atom. The molecule has 0 aliphatic heterocycles. The highest BCUT2D eigenvalue weighted by Crippen LogP contribution is 2.23. The lowest BCUT2D eigenvalue weighted by Gasteiger charge is -2.22. The maximum absolute atomic E-state index is 12.8. The van der Waals surface area contributed by atoms with Gasteiger partial charge in [-0.2, -0.15) is 0 Å². The van der Waals surface area contributed by atoms with Gasteiger partial charge in [0.15, 0.2) is 0 Å². The first kappa shape index (κ1) is 26.7. The number of hydrogen-bond acceptors (Lipinski definition) is 5. The largest absolute Gasteiger partial charge is 0.489 e. The first-order valence-corrected chi connectivity index (χ1v) is 13.5. The van der Waals surface area contributed by atoms with Crippen LogP contribution in [0.3, 0.4) is 0 Å². The average Bonchev–Trinajstić information content (AvgIpc) is 2.86. The Labute approximate surface area is 212 Å². The van der Waals surface area contributed by atoms with E-state index in [0.29, 0.717) is 29.3 Å². The lowest BCUT2D eigenvalue weighted by atomic mass is 10.1. The van der Waals surface area contributed by atoms with E-state index in [1.807, 2.05) is 44.2 Å². The van der Waals surface area contributed by atoms with Gasteiger partial charge in [0.2, 0.25) is 15.9 Å². The zero-order valence-corrected chi connectivity index (χ0v) is 21.4. The van der Waals surface area contributed by atoms with Gasteiger partial charge >= 0.3 is 0 Å². The van der Waals surface area contributed by atoms with Crippen molar-refractivity contribution in [3.8, 4) is 5.75 Å². The zero-order chi connectivity index (χ0) is 26.1. The highest BCUT2D eigenvalue weighted by atomic mass is 32.2. The third-order valence-corrected chi connectivity index (χ3v) is 6.64. The number of para-hydroxylation sites is 1. The summed E-state index contributed by atoms with van der Waals surface area (Å²) in [6.07, 6.45) is 1.80. The van der Waals surface area contributed by atoms with E-state index in [9.17, 15) is 18.0 Å². The Morgan fingerprint density at radius 2 is 1.58 bits per heavy atom. The molecule has 3 rings (SSSR count). The molecule has 3 aromatic rings. The second kappa shape index (κ2) is 12.2. The Balaban J connectivity index is 1.70. The fraction of sp³-hybridized carbons (Fsp3) is 0.259. The Morgan fingerprint density at radius 1 is 0.944 bits per heavy atom. The van der Waals surface area contributed by atoms with E-state index in [4.69, 9.17) is 4.74 Å². The average molecular weight is 510 g/mol. The van der Waals surface area contributed by atoms with Gasteiger partial charge in [-0.05, 0) is 55.3 Å². The smallest absolute Gasteiger partial charge is 0.253 e. The van der Waals surface area contributed by atoms with Crippen LogP contribution in [0.4, 0.5) is 11.4 Å². The molecule has 0 fully saturated rings. The third kappa shape index (κ3) is 7.58. The monoisotopic (exact) mass is 509 g/mol. The number of anilines is 2. The van der Waals surface area contributed by atoms with E-state index in [2.05, 4.69) is 10.6 Å². The second-order valence-electron chi connectivity index (χ2n) is 8.41. The predicted molar refractivity (Wildman–Crippen MR) is 142 cm³/mol. The molecule has 9 heteroatoms. The molecule has 2 N–H and O–H groups in total. The van der Waals surface area contributed by atoms with Crippen LogP contribution in [0.25, 0.3) is 0 Å². The normalized spacial score (nSPS) is 11.9. The minimum Gasteiger partial charge on any atom is -0.489 e. The fourth-order valence-electron chi connectivity index (χ4n) is 3.36. The van der Waals surface area contributed by atoms with Gasteiger partial charge in [0.1, 0.15) is 18.9 Å². The van der Waals surface area contributed by atoms with Gasteiger partial charge < -0.3 is 15.4 Å². The molecule has 0 aliphatic rings. The van der Waals surface area contributed by atoms with Crippen molar-refractivity contribution in [2.45, 2.75) is 32.9 Å². The lowest BCUT2D eigenvalue weighted by molar-refractivity contribution is -0.114. The Kier molecular flexibility index (Phi) is 9.08. The molecule has 190 valence electrons. The van der Waals surface area contributed by atoms with E-state index in [1.165, 1.54) is 0 Å². The van der Waals surface area contributed by atoms with Gasteiger partial charge in [-0.3, -0.25) is 13.9 Å². The first-order valence-electron chi connectivity index (χ1n) is 11.6. The summed E-state index contributed by atoms with van der Waals surface area (Å²) in [5, 5.41) is 5.54. The maximum atomic E-state index is 12.8. The summed E-state index contributed by atoms with van der Waals surface area (Å²) in [7, 11) is -3.77. The highest BCUT2D eigenvalue weighted by molar-refractivity contribution is 7.92. The highest BCUT2D eigenvalue weighted by Gasteiger charge is 2.22. The number of carbonyl (C=O) groups excluding carboxylic acids is 2. The summed E-state index contributed by atoms with van der Waals surface area (Å²) < 4.78 is 31.8. The summed E-state index contributed by atoms with van der Waals surface area (Å²) in [6, 6.07) is 22.7. The topological polar surface area (TPSA) is 105 Å². The molecular weight excluding hydrogens is 478 g/mol. The van der Waals surface area contributed by atoms with Crippen LogP contribution < -0.4 is 19.7 Å². The molecule has 0 heterocycles. The minimum absolute atomic E-state index is 0.0263. The van der Waals surface area contributed by atoms with Crippen LogP contribution in [0.1, 0.15) is 36.2 Å². The number of amides is 2. The molecule has 0 saturated carbocycles. The van der Waals surface area contributed by atoms with Crippen molar-refractivity contribution in [1.82, 2.24) is 5.32 Å². The van der Waals surface area contributed by atoms with Crippen LogP contribution in [0.5, 0.6) is 5.75 Å². The van der Waals surface area contributed by atoms with Gasteiger partial charge in [-0.15, -0.1) is 0 Å². The van der Waals surface area contributed by atoms with Crippen LogP contribution >= 0.6 is 0 Å². The van der Waals surface area contributed by atoms with E-state index >= 15 is 0 Å². The predicted octanol–water partition coefficient (Wildman–Crippen LogP) is 4.20. The molecule has 3 aromatic carbocycles. The minimum atomic E-state index is -3.77. The molecule has 0 aromatic heterocycles. The van der Waals surface area contributed by atoms with E-state index in [-0.39, 0.29) is 11.9 Å². The third-order valence-electron chi connectivity index (χ3n) is 5.50. The fourth-order valence-corrected chi connectivity index (χ4v) is 4.22. The van der Waals surface area contributed by atoms with Crippen molar-refractivity contribution in [1.29, 1.82) is 0 Å². The van der Waals surface area contributed by atoms with Gasteiger partial charge in [0, 0.05) is 6.04 Å². The molecular formula is C27H31N3O5S. The SMILES string of the molecule is CC[C@H](C)NC(=O)c1ccccc1NC(=O)CN(c1ccc(OCc2ccccc2)cc1)S(C)(=O)=O. The maximum Gasteiger partial charge on any atom is 0.253 e. The van der Waals surface area contributed by atoms with Gasteiger partial charge in [0.05, 0.1) is 23.2 Å². The molecule has 36 heavy (non-hydrogen) atoms. The Hall–Kier alpha value is -3.85. The van der Waals surface area contributed by atoms with Crippen LogP contribution in [0.2, 0.25) is 0 Å². The Bertz CT molecular complexity index is 1280. The summed E-state index contributed by atoms with van der Waals surface area (Å²) in [5.74, 6) is -0.318. The number of benzene rings is 3. The van der Waals surface area contributed by atoms with Gasteiger partial charge in [-0.25, -0.2) is 8.42 Å². The summed E-state index contributed by atoms with van der Waals surface area (Å²) in [5.41, 5.74) is 1.94. The second-order valence-corrected chi connectivity index (χ2v) is 10.3. The number of nitrogens with one attached hydrogen (secondary N) is 2. The van der Waals surface area contributed by atoms with Gasteiger partial charge in [-0.1, -0.05) is 49.4 Å². The molecule has 0 saturated heterocycles. The van der Waals surface area contributed by atoms with Crippen LogP contribution in [-0.4, -0.2) is 39.1 Å². The number of sulfonamides is 1. The van der Waals surface area contributed by atoms with Crippen molar-refractivity contribution in [2.24, 2.45) is 0 Å². The summed E-state index contributed by atoms with van der Waals surface area (Å²) in [4.78, 5) is 25.5. The molecule has 1 atom stereocenters. The first-order chi connectivity index (χ1) is 17.2. The number of nitrogens with zero attached hydrogens (tertiary/aromatic N) is 1. The van der Waals surface area contributed by atoms with E-state index in [1.54, 1.807) is 48.5 Å². The molecule has 0 unspecified atom stereocenters. The zero-order valence-electron chi connectivity index (χ0n) is 20.6. The number of hydrogen-bond donors (Lipinski definition) is 2. The van der Waals surface area contributed by atoms with Crippen molar-refractivity contribution >= 4 is 33.2 Å². The van der Waals surface area contributed by atoms with E-state index in [0.717, 1.165) is 22.5 Å². The van der Waals surface area contributed by atoms with Crippen LogP contribution in [0, 0.1) is 0 Å². The molecule has 2 amide bonds. The number of ether oxygens (including phenoxy) is 1. The van der Waals surface area contributed by atoms with Gasteiger partial charge in [0.25, 0.3) is 5.91 Å². The van der Waals surface area contributed by atoms with Crippen molar-refractivity contribution in [2.75, 3.05) is 22.4 Å². The summed E-state index contributed by atoms with van der Waals surface area (Å²) in [6.45, 7) is 3.77. The number of rotatable bonds is 11. The van der Waals surface area contributed by atoms with Crippen LogP contribution in [-0.2, 0) is 21.4 Å². The molecule has 0 spiro atoms. The summed E-state index contributed by atoms with van der Waals surface area (Å²) >= 11 is 0. The quantitative estimate of drug-likeness (QED) is 0.403. The van der Waals surface area contributed by atoms with Crippen molar-refractivity contribution < 1.29 is 22.7 Å². The molecule has 0 aliphatic carbocycles. The molecule has 0 bridgehead atoms. The molecule has 0 radical (unpaired) electrons. The number of carbonyl (C=O) groups is 2. The standard InChI is InChI=1S/C27H31N3O5S/c1-4-20(2)28-27(32)24-12-8-9-13-25(24)29-26(31)18-30(36(3,33)34)22-14-16-23(17-15-22)35-19-21-10-6-5-7-11-21/h5-17,20H,4,18-19H2,1-3H3,(H,28,32)(H,29,31)/t20-/m0/s1. The van der Waals surface area contributed by atoms with Crippen molar-refractivity contribution in [3.63, 3.8) is 0 Å². The lowest BCUT2D eigenvalue weighted by Crippen LogP contribution is -2.38.